The Hall–Kier alpha value is -2.12. The molecule has 2 fully saturated rings. The Kier molecular flexibility index (Phi) is 5.31. The van der Waals surface area contributed by atoms with Crippen molar-refractivity contribution in [3.8, 4) is 0 Å². The van der Waals surface area contributed by atoms with Crippen LogP contribution in [0.25, 0.3) is 0 Å². The Labute approximate surface area is 159 Å². The lowest BCUT2D eigenvalue weighted by atomic mass is 9.75. The topological polar surface area (TPSA) is 83.5 Å². The van der Waals surface area contributed by atoms with Gasteiger partial charge in [-0.05, 0) is 56.8 Å². The standard InChI is InChI=1S/C20H28N4O3/c1-23-12-16(11-21-23)19(15-9-17(25)10-15)22-20(26)14-4-6-24(7-5-14)13-18-3-2-8-27-18/h2-3,8,11-12,14-15,17,19,25H,4-7,9-10,13H2,1H3,(H,22,26)/t15?,17?,19-/m0/s1. The molecule has 0 spiro atoms. The van der Waals surface area contributed by atoms with Gasteiger partial charge >= 0.3 is 0 Å². The van der Waals surface area contributed by atoms with Crippen molar-refractivity contribution in [2.45, 2.75) is 44.4 Å². The molecule has 1 aliphatic heterocycles. The van der Waals surface area contributed by atoms with Gasteiger partial charge in [0.1, 0.15) is 5.76 Å². The van der Waals surface area contributed by atoms with Gasteiger partial charge in [-0.15, -0.1) is 0 Å². The molecular formula is C20H28N4O3. The van der Waals surface area contributed by atoms with Gasteiger partial charge in [-0.25, -0.2) is 0 Å². The number of nitrogens with one attached hydrogen (secondary N) is 1. The summed E-state index contributed by atoms with van der Waals surface area (Å²) in [5, 5.41) is 17.2. The number of piperidine rings is 1. The molecule has 7 nitrogen and oxygen atoms in total. The minimum atomic E-state index is -0.240. The van der Waals surface area contributed by atoms with E-state index in [1.54, 1.807) is 10.9 Å². The summed E-state index contributed by atoms with van der Waals surface area (Å²) in [6, 6.07) is 3.84. The summed E-state index contributed by atoms with van der Waals surface area (Å²) in [6.07, 6.45) is 8.44. The number of hydrogen-bond acceptors (Lipinski definition) is 5. The van der Waals surface area contributed by atoms with Crippen LogP contribution < -0.4 is 5.32 Å². The van der Waals surface area contributed by atoms with Crippen molar-refractivity contribution < 1.29 is 14.3 Å². The molecule has 3 heterocycles. The van der Waals surface area contributed by atoms with Crippen LogP contribution in [0.2, 0.25) is 0 Å². The number of hydrogen-bond donors (Lipinski definition) is 2. The summed E-state index contributed by atoms with van der Waals surface area (Å²) < 4.78 is 7.18. The monoisotopic (exact) mass is 372 g/mol. The number of amides is 1. The normalized spacial score (nSPS) is 25.1. The first-order valence-corrected chi connectivity index (χ1v) is 9.80. The van der Waals surface area contributed by atoms with Crippen molar-refractivity contribution in [2.75, 3.05) is 13.1 Å². The summed E-state index contributed by atoms with van der Waals surface area (Å²) >= 11 is 0. The second kappa shape index (κ2) is 7.86. The highest BCUT2D eigenvalue weighted by atomic mass is 16.3. The van der Waals surface area contributed by atoms with Crippen molar-refractivity contribution in [1.29, 1.82) is 0 Å². The van der Waals surface area contributed by atoms with Crippen molar-refractivity contribution >= 4 is 5.91 Å². The molecule has 1 saturated heterocycles. The van der Waals surface area contributed by atoms with Crippen LogP contribution in [-0.2, 0) is 18.4 Å². The molecule has 0 aromatic carbocycles. The highest BCUT2D eigenvalue weighted by Gasteiger charge is 2.37. The van der Waals surface area contributed by atoms with Gasteiger partial charge in [0, 0.05) is 24.7 Å². The van der Waals surface area contributed by atoms with E-state index < -0.39 is 0 Å². The fraction of sp³-hybridized carbons (Fsp3) is 0.600. The molecule has 2 aromatic rings. The van der Waals surface area contributed by atoms with Gasteiger partial charge in [0.05, 0.1) is 31.2 Å². The third-order valence-corrected chi connectivity index (χ3v) is 5.92. The van der Waals surface area contributed by atoms with Gasteiger partial charge in [-0.3, -0.25) is 14.4 Å². The second-order valence-corrected chi connectivity index (χ2v) is 7.95. The molecule has 2 aliphatic rings. The number of nitrogens with zero attached hydrogens (tertiary/aromatic N) is 3. The number of aromatic nitrogens is 2. The molecule has 7 heteroatoms. The third kappa shape index (κ3) is 4.25. The van der Waals surface area contributed by atoms with Gasteiger partial charge in [0.2, 0.25) is 5.91 Å². The lowest BCUT2D eigenvalue weighted by molar-refractivity contribution is -0.128. The maximum absolute atomic E-state index is 12.9. The summed E-state index contributed by atoms with van der Waals surface area (Å²) in [7, 11) is 1.88. The molecule has 1 aliphatic carbocycles. The number of rotatable bonds is 6. The van der Waals surface area contributed by atoms with Crippen LogP contribution in [-0.4, -0.2) is 44.9 Å². The van der Waals surface area contributed by atoms with Crippen LogP contribution >= 0.6 is 0 Å². The van der Waals surface area contributed by atoms with E-state index in [-0.39, 0.29) is 29.9 Å². The average Bonchev–Trinajstić information content (AvgIpc) is 3.29. The van der Waals surface area contributed by atoms with Gasteiger partial charge in [0.15, 0.2) is 0 Å². The van der Waals surface area contributed by atoms with Crippen molar-refractivity contribution in [3.05, 3.63) is 42.1 Å². The first-order valence-electron chi connectivity index (χ1n) is 9.80. The van der Waals surface area contributed by atoms with E-state index >= 15 is 0 Å². The van der Waals surface area contributed by atoms with Crippen LogP contribution in [0.15, 0.2) is 35.2 Å². The van der Waals surface area contributed by atoms with E-state index in [0.717, 1.165) is 56.6 Å². The smallest absolute Gasteiger partial charge is 0.223 e. The number of aliphatic hydroxyl groups excluding tert-OH is 1. The lowest BCUT2D eigenvalue weighted by Gasteiger charge is -2.39. The number of carbonyl (C=O) groups is 1. The highest BCUT2D eigenvalue weighted by Crippen LogP contribution is 2.38. The Bertz CT molecular complexity index is 743. The molecule has 1 atom stereocenters. The van der Waals surface area contributed by atoms with Gasteiger partial charge in [-0.1, -0.05) is 0 Å². The molecule has 1 amide bonds. The van der Waals surface area contributed by atoms with Crippen LogP contribution in [0.1, 0.15) is 43.0 Å². The molecule has 2 N–H and O–H groups in total. The fourth-order valence-corrected chi connectivity index (χ4v) is 4.22. The Morgan fingerprint density at radius 3 is 2.78 bits per heavy atom. The first kappa shape index (κ1) is 18.3. The SMILES string of the molecule is Cn1cc([C@@H](NC(=O)C2CCN(Cc3ccco3)CC2)C2CC(O)C2)cn1. The first-order chi connectivity index (χ1) is 13.1. The summed E-state index contributed by atoms with van der Waals surface area (Å²) in [5.74, 6) is 1.43. The van der Waals surface area contributed by atoms with Crippen molar-refractivity contribution in [3.63, 3.8) is 0 Å². The molecular weight excluding hydrogens is 344 g/mol. The quantitative estimate of drug-likeness (QED) is 0.809. The van der Waals surface area contributed by atoms with Crippen molar-refractivity contribution in [2.24, 2.45) is 18.9 Å². The predicted octanol–water partition coefficient (Wildman–Crippen LogP) is 1.85. The molecule has 0 bridgehead atoms. The fourth-order valence-electron chi connectivity index (χ4n) is 4.22. The van der Waals surface area contributed by atoms with Crippen LogP contribution in [0, 0.1) is 11.8 Å². The maximum Gasteiger partial charge on any atom is 0.223 e. The summed E-state index contributed by atoms with van der Waals surface area (Å²) in [4.78, 5) is 15.2. The Morgan fingerprint density at radius 1 is 1.41 bits per heavy atom. The zero-order valence-electron chi connectivity index (χ0n) is 15.8. The second-order valence-electron chi connectivity index (χ2n) is 7.95. The van der Waals surface area contributed by atoms with E-state index in [4.69, 9.17) is 4.42 Å². The van der Waals surface area contributed by atoms with Crippen LogP contribution in [0.4, 0.5) is 0 Å². The summed E-state index contributed by atoms with van der Waals surface area (Å²) in [6.45, 7) is 2.61. The van der Waals surface area contributed by atoms with Crippen molar-refractivity contribution in [1.82, 2.24) is 20.0 Å². The number of aryl methyl sites for hydroxylation is 1. The average molecular weight is 372 g/mol. The molecule has 27 heavy (non-hydrogen) atoms. The van der Waals surface area contributed by atoms with E-state index in [1.165, 1.54) is 0 Å². The highest BCUT2D eigenvalue weighted by molar-refractivity contribution is 5.79. The zero-order chi connectivity index (χ0) is 18.8. The van der Waals surface area contributed by atoms with Gasteiger partial charge in [0.25, 0.3) is 0 Å². The molecule has 0 unspecified atom stereocenters. The van der Waals surface area contributed by atoms with E-state index in [0.29, 0.717) is 0 Å². The number of carbonyl (C=O) groups excluding carboxylic acids is 1. The van der Waals surface area contributed by atoms with E-state index in [1.807, 2.05) is 31.6 Å². The van der Waals surface area contributed by atoms with Crippen LogP contribution in [0.3, 0.4) is 0 Å². The largest absolute Gasteiger partial charge is 0.468 e. The number of aliphatic hydroxyl groups is 1. The minimum Gasteiger partial charge on any atom is -0.468 e. The predicted molar refractivity (Wildman–Crippen MR) is 99.5 cm³/mol. The number of likely N-dealkylation sites (tertiary alicyclic amines) is 1. The minimum absolute atomic E-state index is 0.0435. The van der Waals surface area contributed by atoms with Crippen LogP contribution in [0.5, 0.6) is 0 Å². The lowest BCUT2D eigenvalue weighted by Crippen LogP contribution is -2.45. The number of furan rings is 1. The van der Waals surface area contributed by atoms with Gasteiger partial charge < -0.3 is 14.8 Å². The molecule has 2 aromatic heterocycles. The molecule has 1 saturated carbocycles. The third-order valence-electron chi connectivity index (χ3n) is 5.92. The Morgan fingerprint density at radius 2 is 2.19 bits per heavy atom. The molecule has 146 valence electrons. The van der Waals surface area contributed by atoms with Gasteiger partial charge in [-0.2, -0.15) is 5.10 Å². The van der Waals surface area contributed by atoms with E-state index in [2.05, 4.69) is 15.3 Å². The molecule has 4 rings (SSSR count). The molecule has 0 radical (unpaired) electrons. The maximum atomic E-state index is 12.9. The van der Waals surface area contributed by atoms with E-state index in [9.17, 15) is 9.90 Å². The zero-order valence-corrected chi connectivity index (χ0v) is 15.8. The Balaban J connectivity index is 1.33. The summed E-state index contributed by atoms with van der Waals surface area (Å²) in [5.41, 5.74) is 1.03.